The predicted molar refractivity (Wildman–Crippen MR) is 39.5 cm³/mol. The van der Waals surface area contributed by atoms with Crippen molar-refractivity contribution in [3.05, 3.63) is 17.5 Å². The summed E-state index contributed by atoms with van der Waals surface area (Å²) in [7, 11) is 1.74. The van der Waals surface area contributed by atoms with Gasteiger partial charge in [-0.25, -0.2) is 4.79 Å². The smallest absolute Gasteiger partial charge is 0.356 e. The zero-order valence-electron chi connectivity index (χ0n) is 6.53. The molecule has 1 rings (SSSR count). The van der Waals surface area contributed by atoms with Gasteiger partial charge in [-0.3, -0.25) is 4.68 Å². The van der Waals surface area contributed by atoms with E-state index in [0.717, 1.165) is 12.1 Å². The van der Waals surface area contributed by atoms with E-state index in [-0.39, 0.29) is 5.69 Å². The molecule has 11 heavy (non-hydrogen) atoms. The maximum Gasteiger partial charge on any atom is 0.356 e. The van der Waals surface area contributed by atoms with Crippen LogP contribution in [0.1, 0.15) is 23.1 Å². The minimum atomic E-state index is -0.972. The van der Waals surface area contributed by atoms with E-state index in [4.69, 9.17) is 5.11 Å². The molecule has 4 heteroatoms. The number of carbonyl (C=O) groups is 1. The minimum absolute atomic E-state index is 0.115. The highest BCUT2D eigenvalue weighted by Crippen LogP contribution is 2.02. The lowest BCUT2D eigenvalue weighted by atomic mass is 10.3. The lowest BCUT2D eigenvalue weighted by Crippen LogP contribution is -1.99. The Morgan fingerprint density at radius 1 is 1.82 bits per heavy atom. The molecule has 0 spiro atoms. The number of aryl methyl sites for hydroxylation is 2. The molecule has 0 fully saturated rings. The van der Waals surface area contributed by atoms with Crippen LogP contribution in [0.5, 0.6) is 0 Å². The van der Waals surface area contributed by atoms with Gasteiger partial charge >= 0.3 is 5.97 Å². The number of nitrogens with zero attached hydrogens (tertiary/aromatic N) is 2. The quantitative estimate of drug-likeness (QED) is 0.681. The Bertz CT molecular complexity index is 278. The summed E-state index contributed by atoms with van der Waals surface area (Å²) in [4.78, 5) is 10.4. The molecule has 1 aromatic rings. The van der Waals surface area contributed by atoms with Gasteiger partial charge in [-0.05, 0) is 12.5 Å². The normalized spacial score (nSPS) is 10.0. The highest BCUT2D eigenvalue weighted by Gasteiger charge is 2.08. The number of aromatic nitrogens is 2. The molecule has 0 atom stereocenters. The van der Waals surface area contributed by atoms with Crippen molar-refractivity contribution >= 4 is 5.97 Å². The summed E-state index contributed by atoms with van der Waals surface area (Å²) in [6, 6.07) is 1.59. The molecule has 0 aliphatic carbocycles. The Labute approximate surface area is 64.5 Å². The molecule has 0 unspecified atom stereocenters. The van der Waals surface area contributed by atoms with Gasteiger partial charge in [-0.2, -0.15) is 5.10 Å². The molecular formula is C7H10N2O2. The molecule has 1 heterocycles. The van der Waals surface area contributed by atoms with Gasteiger partial charge in [0.15, 0.2) is 5.69 Å². The fraction of sp³-hybridized carbons (Fsp3) is 0.429. The van der Waals surface area contributed by atoms with E-state index in [2.05, 4.69) is 5.10 Å². The van der Waals surface area contributed by atoms with Crippen molar-refractivity contribution in [2.45, 2.75) is 13.3 Å². The van der Waals surface area contributed by atoms with E-state index in [0.29, 0.717) is 0 Å². The maximum absolute atomic E-state index is 10.4. The third kappa shape index (κ3) is 1.39. The minimum Gasteiger partial charge on any atom is -0.476 e. The fourth-order valence-corrected chi connectivity index (χ4v) is 0.941. The van der Waals surface area contributed by atoms with Crippen LogP contribution in [0.2, 0.25) is 0 Å². The molecule has 0 aliphatic heterocycles. The van der Waals surface area contributed by atoms with E-state index in [1.807, 2.05) is 6.92 Å². The Morgan fingerprint density at radius 2 is 2.45 bits per heavy atom. The third-order valence-electron chi connectivity index (χ3n) is 1.56. The summed E-state index contributed by atoms with van der Waals surface area (Å²) in [5, 5.41) is 12.3. The number of hydrogen-bond acceptors (Lipinski definition) is 2. The van der Waals surface area contributed by atoms with Crippen molar-refractivity contribution in [1.29, 1.82) is 0 Å². The van der Waals surface area contributed by atoms with Gasteiger partial charge in [-0.1, -0.05) is 6.92 Å². The van der Waals surface area contributed by atoms with Gasteiger partial charge in [0.05, 0.1) is 0 Å². The summed E-state index contributed by atoms with van der Waals surface area (Å²) < 4.78 is 1.59. The molecule has 1 N–H and O–H groups in total. The van der Waals surface area contributed by atoms with Crippen LogP contribution in [0.25, 0.3) is 0 Å². The largest absolute Gasteiger partial charge is 0.476 e. The Hall–Kier alpha value is -1.32. The van der Waals surface area contributed by atoms with Crippen LogP contribution in [0.15, 0.2) is 6.07 Å². The first-order valence-electron chi connectivity index (χ1n) is 3.41. The zero-order valence-corrected chi connectivity index (χ0v) is 6.53. The van der Waals surface area contributed by atoms with Crippen LogP contribution in [-0.2, 0) is 13.5 Å². The molecule has 1 aromatic heterocycles. The first kappa shape index (κ1) is 7.78. The van der Waals surface area contributed by atoms with Gasteiger partial charge < -0.3 is 5.11 Å². The zero-order chi connectivity index (χ0) is 8.43. The SMILES string of the molecule is CCc1cc(C(=O)O)nn1C. The Morgan fingerprint density at radius 3 is 2.73 bits per heavy atom. The molecule has 0 saturated carbocycles. The van der Waals surface area contributed by atoms with Crippen molar-refractivity contribution in [1.82, 2.24) is 9.78 Å². The molecule has 0 radical (unpaired) electrons. The molecule has 60 valence electrons. The molecule has 0 amide bonds. The predicted octanol–water partition coefficient (Wildman–Crippen LogP) is 0.681. The van der Waals surface area contributed by atoms with E-state index in [1.54, 1.807) is 17.8 Å². The molecule has 0 saturated heterocycles. The number of aromatic carboxylic acids is 1. The summed E-state index contributed by atoms with van der Waals surface area (Å²) in [6.45, 7) is 1.96. The Kier molecular flexibility index (Phi) is 1.94. The van der Waals surface area contributed by atoms with Crippen LogP contribution < -0.4 is 0 Å². The monoisotopic (exact) mass is 154 g/mol. The summed E-state index contributed by atoms with van der Waals surface area (Å²) in [5.74, 6) is -0.972. The third-order valence-corrected chi connectivity index (χ3v) is 1.56. The highest BCUT2D eigenvalue weighted by molar-refractivity contribution is 5.85. The molecule has 0 aromatic carbocycles. The van der Waals surface area contributed by atoms with Crippen LogP contribution in [0.3, 0.4) is 0 Å². The number of carboxylic acid groups (broad SMARTS) is 1. The molecular weight excluding hydrogens is 144 g/mol. The highest BCUT2D eigenvalue weighted by atomic mass is 16.4. The van der Waals surface area contributed by atoms with E-state index in [9.17, 15) is 4.79 Å². The van der Waals surface area contributed by atoms with E-state index in [1.165, 1.54) is 0 Å². The van der Waals surface area contributed by atoms with Crippen LogP contribution in [-0.4, -0.2) is 20.9 Å². The topological polar surface area (TPSA) is 55.1 Å². The second-order valence-corrected chi connectivity index (χ2v) is 2.30. The van der Waals surface area contributed by atoms with Crippen molar-refractivity contribution in [3.63, 3.8) is 0 Å². The number of hydrogen-bond donors (Lipinski definition) is 1. The van der Waals surface area contributed by atoms with E-state index >= 15 is 0 Å². The van der Waals surface area contributed by atoms with Crippen molar-refractivity contribution < 1.29 is 9.90 Å². The van der Waals surface area contributed by atoms with Crippen molar-refractivity contribution in [2.24, 2.45) is 7.05 Å². The van der Waals surface area contributed by atoms with Crippen LogP contribution >= 0.6 is 0 Å². The van der Waals surface area contributed by atoms with Gasteiger partial charge in [-0.15, -0.1) is 0 Å². The maximum atomic E-state index is 10.4. The van der Waals surface area contributed by atoms with Gasteiger partial charge in [0.1, 0.15) is 0 Å². The Balaban J connectivity index is 3.05. The standard InChI is InChI=1S/C7H10N2O2/c1-3-5-4-6(7(10)11)8-9(5)2/h4H,3H2,1-2H3,(H,10,11). The summed E-state index contributed by atoms with van der Waals surface area (Å²) >= 11 is 0. The van der Waals surface area contributed by atoms with Gasteiger partial charge in [0, 0.05) is 12.7 Å². The lowest BCUT2D eigenvalue weighted by Gasteiger charge is -1.92. The first-order valence-corrected chi connectivity index (χ1v) is 3.41. The average molecular weight is 154 g/mol. The fourth-order valence-electron chi connectivity index (χ4n) is 0.941. The molecule has 4 nitrogen and oxygen atoms in total. The summed E-state index contributed by atoms with van der Waals surface area (Å²) in [5.41, 5.74) is 1.05. The number of rotatable bonds is 2. The van der Waals surface area contributed by atoms with Crippen molar-refractivity contribution in [3.8, 4) is 0 Å². The van der Waals surface area contributed by atoms with Crippen molar-refractivity contribution in [2.75, 3.05) is 0 Å². The van der Waals surface area contributed by atoms with Crippen LogP contribution in [0, 0.1) is 0 Å². The van der Waals surface area contributed by atoms with E-state index < -0.39 is 5.97 Å². The first-order chi connectivity index (χ1) is 5.15. The van der Waals surface area contributed by atoms with Crippen LogP contribution in [0.4, 0.5) is 0 Å². The van der Waals surface area contributed by atoms with Gasteiger partial charge in [0.2, 0.25) is 0 Å². The summed E-state index contributed by atoms with van der Waals surface area (Å²) in [6.07, 6.45) is 0.802. The lowest BCUT2D eigenvalue weighted by molar-refractivity contribution is 0.0689. The number of carboxylic acids is 1. The average Bonchev–Trinajstić information content (AvgIpc) is 2.31. The van der Waals surface area contributed by atoms with Gasteiger partial charge in [0.25, 0.3) is 0 Å². The second-order valence-electron chi connectivity index (χ2n) is 2.30. The molecule has 0 aliphatic rings. The molecule has 0 bridgehead atoms. The second kappa shape index (κ2) is 2.74.